The van der Waals surface area contributed by atoms with Crippen molar-refractivity contribution in [2.75, 3.05) is 11.4 Å². The van der Waals surface area contributed by atoms with E-state index >= 15 is 0 Å². The monoisotopic (exact) mass is 420 g/mol. The maximum Gasteiger partial charge on any atom is 0.264 e. The zero-order valence-corrected chi connectivity index (χ0v) is 16.8. The van der Waals surface area contributed by atoms with Gasteiger partial charge in [0.25, 0.3) is 15.9 Å². The first-order valence-electron chi connectivity index (χ1n) is 8.03. The van der Waals surface area contributed by atoms with Gasteiger partial charge in [0.05, 0.1) is 10.6 Å². The molecule has 140 valence electrons. The Morgan fingerprint density at radius 2 is 1.74 bits per heavy atom. The lowest BCUT2D eigenvalue weighted by Crippen LogP contribution is -2.29. The summed E-state index contributed by atoms with van der Waals surface area (Å²) in [5.74, 6) is -0.329. The van der Waals surface area contributed by atoms with Crippen molar-refractivity contribution in [3.63, 3.8) is 0 Å². The minimum atomic E-state index is -3.74. The molecular weight excluding hydrogens is 404 g/mol. The number of hydrogen-bond acceptors (Lipinski definition) is 4. The third kappa shape index (κ3) is 4.32. The first kappa shape index (κ1) is 19.4. The number of anilines is 1. The standard InChI is InChI=1S/C19H17ClN2O3S2/c1-22(27(24,25)16-5-3-2-4-6-16)17-11-12-26-18(17)19(23)21-13-14-7-9-15(20)10-8-14/h2-12H,13H2,1H3,(H,21,23). The van der Waals surface area contributed by atoms with Crippen LogP contribution >= 0.6 is 22.9 Å². The molecule has 1 aromatic heterocycles. The van der Waals surface area contributed by atoms with E-state index in [1.165, 1.54) is 30.5 Å². The van der Waals surface area contributed by atoms with Gasteiger partial charge in [-0.05, 0) is 41.3 Å². The smallest absolute Gasteiger partial charge is 0.264 e. The van der Waals surface area contributed by atoms with Crippen molar-refractivity contribution >= 4 is 44.6 Å². The number of benzene rings is 2. The molecule has 1 heterocycles. The number of amides is 1. The third-order valence-electron chi connectivity index (χ3n) is 3.96. The highest BCUT2D eigenvalue weighted by molar-refractivity contribution is 7.92. The molecule has 0 aliphatic rings. The summed E-state index contributed by atoms with van der Waals surface area (Å²) in [4.78, 5) is 13.1. The minimum absolute atomic E-state index is 0.172. The van der Waals surface area contributed by atoms with E-state index < -0.39 is 10.0 Å². The van der Waals surface area contributed by atoms with Crippen molar-refractivity contribution in [1.82, 2.24) is 5.32 Å². The van der Waals surface area contributed by atoms with Crippen molar-refractivity contribution < 1.29 is 13.2 Å². The summed E-state index contributed by atoms with van der Waals surface area (Å²) in [5, 5.41) is 5.14. The van der Waals surface area contributed by atoms with Crippen LogP contribution < -0.4 is 9.62 Å². The van der Waals surface area contributed by atoms with Crippen LogP contribution in [0, 0.1) is 0 Å². The summed E-state index contributed by atoms with van der Waals surface area (Å²) in [6.45, 7) is 0.322. The Hall–Kier alpha value is -2.35. The second-order valence-corrected chi connectivity index (χ2v) is 9.05. The van der Waals surface area contributed by atoms with E-state index in [2.05, 4.69) is 5.32 Å². The molecule has 0 fully saturated rings. The molecule has 0 aliphatic carbocycles. The van der Waals surface area contributed by atoms with E-state index in [1.54, 1.807) is 41.8 Å². The van der Waals surface area contributed by atoms with Gasteiger partial charge in [-0.15, -0.1) is 11.3 Å². The average molecular weight is 421 g/mol. The number of sulfonamides is 1. The molecule has 3 rings (SSSR count). The summed E-state index contributed by atoms with van der Waals surface area (Å²) >= 11 is 7.05. The fraction of sp³-hybridized carbons (Fsp3) is 0.105. The number of hydrogen-bond donors (Lipinski definition) is 1. The molecule has 27 heavy (non-hydrogen) atoms. The molecule has 2 aromatic carbocycles. The lowest BCUT2D eigenvalue weighted by Gasteiger charge is -2.19. The zero-order chi connectivity index (χ0) is 19.4. The van der Waals surface area contributed by atoms with Gasteiger partial charge in [-0.3, -0.25) is 9.10 Å². The van der Waals surface area contributed by atoms with Gasteiger partial charge in [0.2, 0.25) is 0 Å². The van der Waals surface area contributed by atoms with Gasteiger partial charge in [0, 0.05) is 18.6 Å². The van der Waals surface area contributed by atoms with Gasteiger partial charge in [0.1, 0.15) is 4.88 Å². The average Bonchev–Trinajstić information content (AvgIpc) is 3.17. The molecule has 0 saturated heterocycles. The first-order valence-corrected chi connectivity index (χ1v) is 10.7. The lowest BCUT2D eigenvalue weighted by atomic mass is 10.2. The fourth-order valence-electron chi connectivity index (χ4n) is 2.47. The van der Waals surface area contributed by atoms with Crippen LogP contribution in [0.25, 0.3) is 0 Å². The molecule has 5 nitrogen and oxygen atoms in total. The maximum atomic E-state index is 12.8. The van der Waals surface area contributed by atoms with Crippen molar-refractivity contribution in [3.8, 4) is 0 Å². The van der Waals surface area contributed by atoms with Gasteiger partial charge in [-0.1, -0.05) is 41.9 Å². The number of carbonyl (C=O) groups is 1. The maximum absolute atomic E-state index is 12.8. The van der Waals surface area contributed by atoms with Crippen LogP contribution in [0.2, 0.25) is 5.02 Å². The van der Waals surface area contributed by atoms with Gasteiger partial charge in [-0.2, -0.15) is 0 Å². The van der Waals surface area contributed by atoms with Crippen LogP contribution in [-0.4, -0.2) is 21.4 Å². The number of nitrogens with zero attached hydrogens (tertiary/aromatic N) is 1. The zero-order valence-electron chi connectivity index (χ0n) is 14.4. The number of thiophene rings is 1. The summed E-state index contributed by atoms with van der Waals surface area (Å²) in [6.07, 6.45) is 0. The fourth-order valence-corrected chi connectivity index (χ4v) is 4.72. The molecule has 0 unspecified atom stereocenters. The second kappa shape index (κ2) is 8.12. The van der Waals surface area contributed by atoms with Gasteiger partial charge < -0.3 is 5.32 Å². The van der Waals surface area contributed by atoms with E-state index in [0.29, 0.717) is 22.1 Å². The lowest BCUT2D eigenvalue weighted by molar-refractivity contribution is 0.0955. The highest BCUT2D eigenvalue weighted by Crippen LogP contribution is 2.29. The number of rotatable bonds is 6. The third-order valence-corrected chi connectivity index (χ3v) is 6.90. The number of nitrogens with one attached hydrogen (secondary N) is 1. The Morgan fingerprint density at radius 3 is 2.41 bits per heavy atom. The largest absolute Gasteiger partial charge is 0.347 e. The molecule has 1 amide bonds. The van der Waals surface area contributed by atoms with E-state index in [0.717, 1.165) is 9.87 Å². The van der Waals surface area contributed by atoms with E-state index in [4.69, 9.17) is 11.6 Å². The van der Waals surface area contributed by atoms with Crippen LogP contribution in [0.15, 0.2) is 70.9 Å². The van der Waals surface area contributed by atoms with Crippen molar-refractivity contribution in [3.05, 3.63) is 81.5 Å². The molecule has 3 aromatic rings. The number of halogens is 1. The Bertz CT molecular complexity index is 1030. The van der Waals surface area contributed by atoms with E-state index in [9.17, 15) is 13.2 Å². The van der Waals surface area contributed by atoms with Crippen LogP contribution in [0.4, 0.5) is 5.69 Å². The summed E-state index contributed by atoms with van der Waals surface area (Å²) in [6, 6.07) is 16.9. The summed E-state index contributed by atoms with van der Waals surface area (Å²) < 4.78 is 26.7. The summed E-state index contributed by atoms with van der Waals surface area (Å²) in [5.41, 5.74) is 1.24. The van der Waals surface area contributed by atoms with Crippen LogP contribution in [0.3, 0.4) is 0 Å². The molecule has 0 saturated carbocycles. The van der Waals surface area contributed by atoms with E-state index in [-0.39, 0.29) is 10.8 Å². The predicted molar refractivity (Wildman–Crippen MR) is 109 cm³/mol. The molecule has 0 radical (unpaired) electrons. The van der Waals surface area contributed by atoms with Gasteiger partial charge in [0.15, 0.2) is 0 Å². The molecule has 0 spiro atoms. The summed E-state index contributed by atoms with van der Waals surface area (Å²) in [7, 11) is -2.30. The molecule has 1 N–H and O–H groups in total. The molecule has 0 aliphatic heterocycles. The van der Waals surface area contributed by atoms with Gasteiger partial charge >= 0.3 is 0 Å². The highest BCUT2D eigenvalue weighted by Gasteiger charge is 2.25. The topological polar surface area (TPSA) is 66.5 Å². The van der Waals surface area contributed by atoms with Crippen molar-refractivity contribution in [1.29, 1.82) is 0 Å². The normalized spacial score (nSPS) is 11.2. The second-order valence-electron chi connectivity index (χ2n) is 5.73. The molecular formula is C19H17ClN2O3S2. The molecule has 8 heteroatoms. The Balaban J connectivity index is 1.78. The van der Waals surface area contributed by atoms with Crippen molar-refractivity contribution in [2.24, 2.45) is 0 Å². The van der Waals surface area contributed by atoms with Crippen LogP contribution in [0.1, 0.15) is 15.2 Å². The van der Waals surface area contributed by atoms with E-state index in [1.807, 2.05) is 12.1 Å². The van der Waals surface area contributed by atoms with Gasteiger partial charge in [-0.25, -0.2) is 8.42 Å². The Morgan fingerprint density at radius 1 is 1.07 bits per heavy atom. The Labute approximate surface area is 167 Å². The number of carbonyl (C=O) groups excluding carboxylic acids is 1. The van der Waals surface area contributed by atoms with Crippen molar-refractivity contribution in [2.45, 2.75) is 11.4 Å². The Kier molecular flexibility index (Phi) is 5.84. The molecule has 0 atom stereocenters. The predicted octanol–water partition coefficient (Wildman–Crippen LogP) is 4.16. The highest BCUT2D eigenvalue weighted by atomic mass is 35.5. The molecule has 0 bridgehead atoms. The van der Waals surface area contributed by atoms with Crippen LogP contribution in [0.5, 0.6) is 0 Å². The van der Waals surface area contributed by atoms with Crippen LogP contribution in [-0.2, 0) is 16.6 Å². The first-order chi connectivity index (χ1) is 12.9. The minimum Gasteiger partial charge on any atom is -0.347 e. The quantitative estimate of drug-likeness (QED) is 0.651. The SMILES string of the molecule is CN(c1ccsc1C(=O)NCc1ccc(Cl)cc1)S(=O)(=O)c1ccccc1.